The van der Waals surface area contributed by atoms with Gasteiger partial charge >= 0.3 is 0 Å². The normalized spacial score (nSPS) is 24.9. The van der Waals surface area contributed by atoms with Gasteiger partial charge in [0.25, 0.3) is 11.8 Å². The van der Waals surface area contributed by atoms with Gasteiger partial charge in [0.15, 0.2) is 5.69 Å². The number of amides is 6. The molecule has 2 aliphatic heterocycles. The molecule has 76 heavy (non-hydrogen) atoms. The Bertz CT molecular complexity index is 2790. The summed E-state index contributed by atoms with van der Waals surface area (Å²) in [6, 6.07) is 14.6. The van der Waals surface area contributed by atoms with Crippen LogP contribution in [0.5, 0.6) is 0 Å². The Balaban J connectivity index is 0.712. The molecular formula is C56H71F2N11O7. The fourth-order valence-electron chi connectivity index (χ4n) is 12.8. The first kappa shape index (κ1) is 52.9. The topological polar surface area (TPSA) is 225 Å². The second-order valence-electron chi connectivity index (χ2n) is 22.3. The van der Waals surface area contributed by atoms with Crippen LogP contribution in [0.25, 0.3) is 0 Å². The van der Waals surface area contributed by atoms with E-state index in [1.54, 1.807) is 41.6 Å². The fourth-order valence-corrected chi connectivity index (χ4v) is 12.8. The van der Waals surface area contributed by atoms with Crippen LogP contribution in [0.2, 0.25) is 0 Å². The maximum absolute atomic E-state index is 15.0. The molecule has 4 fully saturated rings. The molecule has 2 bridgehead atoms. The molecular weight excluding hydrogens is 977 g/mol. The van der Waals surface area contributed by atoms with Gasteiger partial charge in [-0.1, -0.05) is 80.8 Å². The number of aryl methyl sites for hydroxylation is 1. The van der Waals surface area contributed by atoms with Crippen molar-refractivity contribution in [2.24, 2.45) is 17.3 Å². The summed E-state index contributed by atoms with van der Waals surface area (Å²) in [6.07, 6.45) is 11.1. The number of hydrogen-bond donors (Lipinski definition) is 6. The number of aromatic nitrogens is 4. The Hall–Kier alpha value is -6.54. The van der Waals surface area contributed by atoms with E-state index in [1.807, 2.05) is 48.5 Å². The quantitative estimate of drug-likeness (QED) is 0.0662. The van der Waals surface area contributed by atoms with Gasteiger partial charge in [-0.3, -0.25) is 38.5 Å². The van der Waals surface area contributed by atoms with E-state index in [2.05, 4.69) is 47.9 Å². The number of nitrogens with zero attached hydrogens (tertiary/aromatic N) is 5. The minimum absolute atomic E-state index is 0.00766. The molecule has 4 heterocycles. The number of carbonyl (C=O) groups excluding carboxylic acids is 6. The molecule has 0 spiro atoms. The SMILES string of the molecule is CN[C@@H](C)C(=O)N[C@H](C(=O)N1C[C@@H](NC(=O)CCOCCC(=O)N2CC([C@@H](c3ccccc3)n3cc(NC(=O)c4n[nH]c5c4C4C[C@@](C)(C5)C4(F)F)cn3)C2)C[C@H]1C(=O)NC1CCCc2ccccc21)C1CCCCC1. The molecule has 2 aromatic carbocycles. The lowest BCUT2D eigenvalue weighted by molar-refractivity contribution is -0.221. The van der Waals surface area contributed by atoms with Crippen molar-refractivity contribution in [2.75, 3.05) is 45.2 Å². The third-order valence-corrected chi connectivity index (χ3v) is 17.3. The van der Waals surface area contributed by atoms with E-state index in [1.165, 1.54) is 11.8 Å². The predicted molar refractivity (Wildman–Crippen MR) is 277 cm³/mol. The van der Waals surface area contributed by atoms with E-state index in [4.69, 9.17) is 4.74 Å². The van der Waals surface area contributed by atoms with Gasteiger partial charge in [0.2, 0.25) is 29.5 Å². The van der Waals surface area contributed by atoms with Gasteiger partial charge in [-0.05, 0) is 81.5 Å². The van der Waals surface area contributed by atoms with Gasteiger partial charge in [0, 0.05) is 67.3 Å². The molecule has 8 atom stereocenters. The number of aromatic amines is 1. The number of ether oxygens (including phenoxy) is 1. The average Bonchev–Trinajstić information content (AvgIpc) is 4.18. The van der Waals surface area contributed by atoms with Crippen molar-refractivity contribution in [1.82, 2.24) is 51.0 Å². The number of halogens is 2. The number of likely N-dealkylation sites (tertiary alicyclic amines) is 2. The van der Waals surface area contributed by atoms with Gasteiger partial charge in [-0.25, -0.2) is 8.78 Å². The molecule has 2 saturated heterocycles. The number of fused-ring (bicyclic) bond motifs is 1. The number of carbonyl (C=O) groups is 6. The fraction of sp³-hybridized carbons (Fsp3) is 0.571. The molecule has 18 nitrogen and oxygen atoms in total. The smallest absolute Gasteiger partial charge is 0.276 e. The minimum Gasteiger partial charge on any atom is -0.380 e. The summed E-state index contributed by atoms with van der Waals surface area (Å²) < 4.78 is 37.6. The highest BCUT2D eigenvalue weighted by molar-refractivity contribution is 6.04. The molecule has 2 saturated carbocycles. The zero-order valence-corrected chi connectivity index (χ0v) is 43.6. The maximum Gasteiger partial charge on any atom is 0.276 e. The van der Waals surface area contributed by atoms with Gasteiger partial charge in [0.1, 0.15) is 12.1 Å². The summed E-state index contributed by atoms with van der Waals surface area (Å²) in [5, 5.41) is 26.7. The van der Waals surface area contributed by atoms with Crippen molar-refractivity contribution in [3.8, 4) is 0 Å². The second kappa shape index (κ2) is 22.2. The summed E-state index contributed by atoms with van der Waals surface area (Å²) >= 11 is 0. The second-order valence-corrected chi connectivity index (χ2v) is 22.3. The minimum atomic E-state index is -2.91. The van der Waals surface area contributed by atoms with Crippen molar-refractivity contribution in [1.29, 1.82) is 0 Å². The van der Waals surface area contributed by atoms with Crippen molar-refractivity contribution >= 4 is 41.1 Å². The Morgan fingerprint density at radius 3 is 2.41 bits per heavy atom. The Labute approximate surface area is 441 Å². The van der Waals surface area contributed by atoms with Crippen LogP contribution in [0, 0.1) is 17.3 Å². The highest BCUT2D eigenvalue weighted by atomic mass is 19.3. The first-order chi connectivity index (χ1) is 36.6. The summed E-state index contributed by atoms with van der Waals surface area (Å²) in [6.45, 7) is 4.49. The number of nitrogens with one attached hydrogen (secondary N) is 6. The molecule has 2 aromatic heterocycles. The van der Waals surface area contributed by atoms with Crippen LogP contribution in [-0.4, -0.2) is 135 Å². The number of likely N-dealkylation sites (N-methyl/N-ethyl adjacent to an activating group) is 1. The van der Waals surface area contributed by atoms with E-state index in [-0.39, 0.29) is 105 Å². The number of H-pyrrole nitrogens is 1. The number of alkyl halides is 2. The number of rotatable bonds is 19. The van der Waals surface area contributed by atoms with E-state index in [9.17, 15) is 28.8 Å². The zero-order chi connectivity index (χ0) is 53.3. The van der Waals surface area contributed by atoms with E-state index >= 15 is 8.78 Å². The van der Waals surface area contributed by atoms with Crippen LogP contribution in [0.3, 0.4) is 0 Å². The first-order valence-electron chi connectivity index (χ1n) is 27.3. The Morgan fingerprint density at radius 2 is 1.64 bits per heavy atom. The van der Waals surface area contributed by atoms with Crippen LogP contribution < -0.4 is 26.6 Å². The molecule has 7 aliphatic rings. The molecule has 5 aliphatic carbocycles. The zero-order valence-electron chi connectivity index (χ0n) is 43.6. The summed E-state index contributed by atoms with van der Waals surface area (Å²) in [5.41, 5.74) is 3.33. The van der Waals surface area contributed by atoms with Crippen molar-refractivity contribution in [3.63, 3.8) is 0 Å². The van der Waals surface area contributed by atoms with Crippen LogP contribution in [-0.2, 0) is 41.6 Å². The average molecular weight is 1050 g/mol. The van der Waals surface area contributed by atoms with Crippen molar-refractivity contribution in [3.05, 3.63) is 101 Å². The largest absolute Gasteiger partial charge is 0.380 e. The third-order valence-electron chi connectivity index (χ3n) is 17.3. The molecule has 0 radical (unpaired) electrons. The monoisotopic (exact) mass is 1050 g/mol. The van der Waals surface area contributed by atoms with Gasteiger partial charge in [0.05, 0.1) is 55.6 Å². The predicted octanol–water partition coefficient (Wildman–Crippen LogP) is 5.34. The molecule has 6 amide bonds. The van der Waals surface area contributed by atoms with Gasteiger partial charge < -0.3 is 41.1 Å². The van der Waals surface area contributed by atoms with Crippen LogP contribution >= 0.6 is 0 Å². The molecule has 20 heteroatoms. The molecule has 406 valence electrons. The molecule has 4 aromatic rings. The van der Waals surface area contributed by atoms with Gasteiger partial charge in [-0.2, -0.15) is 10.2 Å². The summed E-state index contributed by atoms with van der Waals surface area (Å²) in [4.78, 5) is 86.0. The Morgan fingerprint density at radius 1 is 0.895 bits per heavy atom. The molecule has 6 N–H and O–H groups in total. The van der Waals surface area contributed by atoms with E-state index in [0.717, 1.165) is 62.5 Å². The van der Waals surface area contributed by atoms with Crippen LogP contribution in [0.15, 0.2) is 67.0 Å². The Kier molecular flexibility index (Phi) is 15.4. The lowest BCUT2D eigenvalue weighted by Crippen LogP contribution is -2.59. The lowest BCUT2D eigenvalue weighted by Gasteiger charge is -2.56. The van der Waals surface area contributed by atoms with Gasteiger partial charge in [-0.15, -0.1) is 0 Å². The lowest BCUT2D eigenvalue weighted by atomic mass is 9.51. The first-order valence-corrected chi connectivity index (χ1v) is 27.3. The van der Waals surface area contributed by atoms with Crippen molar-refractivity contribution in [2.45, 2.75) is 145 Å². The number of anilines is 1. The molecule has 2 unspecified atom stereocenters. The molecule has 11 rings (SSSR count). The summed E-state index contributed by atoms with van der Waals surface area (Å²) in [5.74, 6) is -5.92. The van der Waals surface area contributed by atoms with Crippen molar-refractivity contribution < 1.29 is 42.3 Å². The van der Waals surface area contributed by atoms with Crippen LogP contribution in [0.4, 0.5) is 14.5 Å². The van der Waals surface area contributed by atoms with E-state index in [0.29, 0.717) is 36.5 Å². The standard InChI is InChI=1S/C56H71F2N11O7/c1-33(59-3)51(72)64-48(35-14-6-4-7-15-35)54(75)68-31-38(25-44(68)52(73)63-42-20-12-18-34-13-10-11-19-40(34)42)61-45(70)21-23-76-24-22-46(71)67-29-37(30-67)50(36-16-8-5-9-17-36)69-32-39(28-60-69)62-53(74)49-47-41-26-55(2,56(41,57)58)27-43(47)65-66-49/h5,8-11,13,16-17,19,28,32-33,35,37-38,41-42,44,48,50,59H,4,6-7,12,14-15,18,20-27,29-31H2,1-3H3,(H,61,70)(H,62,74)(H,63,73)(H,64,72)(H,65,66)/t33-,38-,41?,42?,44-,48-,50+,55-/m0/s1. The van der Waals surface area contributed by atoms with E-state index < -0.39 is 47.3 Å². The van der Waals surface area contributed by atoms with Crippen LogP contribution in [0.1, 0.15) is 141 Å². The number of benzene rings is 2. The third kappa shape index (κ3) is 10.6. The highest BCUT2D eigenvalue weighted by Gasteiger charge is 2.70. The number of hydrogen-bond acceptors (Lipinski definition) is 10. The maximum atomic E-state index is 15.0. The summed E-state index contributed by atoms with van der Waals surface area (Å²) in [7, 11) is 1.69. The highest BCUT2D eigenvalue weighted by Crippen LogP contribution is 2.67.